The molecule has 0 saturated heterocycles. The van der Waals surface area contributed by atoms with Crippen LogP contribution in [0.2, 0.25) is 0 Å². The van der Waals surface area contributed by atoms with Crippen LogP contribution in [0.1, 0.15) is 12.5 Å². The van der Waals surface area contributed by atoms with Gasteiger partial charge < -0.3 is 20.1 Å². The van der Waals surface area contributed by atoms with Crippen molar-refractivity contribution in [2.45, 2.75) is 12.5 Å². The summed E-state index contributed by atoms with van der Waals surface area (Å²) in [4.78, 5) is 24.4. The van der Waals surface area contributed by atoms with Crippen LogP contribution in [-0.4, -0.2) is 32.6 Å². The van der Waals surface area contributed by atoms with Crippen molar-refractivity contribution < 1.29 is 19.1 Å². The first-order valence-corrected chi connectivity index (χ1v) is 7.80. The summed E-state index contributed by atoms with van der Waals surface area (Å²) in [5, 5.41) is 5.53. The molecule has 2 rings (SSSR count). The third-order valence-electron chi connectivity index (χ3n) is 3.85. The first kappa shape index (κ1) is 18.6. The molecule has 0 aliphatic rings. The molecule has 6 heteroatoms. The van der Waals surface area contributed by atoms with Crippen LogP contribution in [0.25, 0.3) is 0 Å². The topological polar surface area (TPSA) is 76.7 Å². The first-order chi connectivity index (χ1) is 12.0. The zero-order valence-electron chi connectivity index (χ0n) is 14.5. The number of benzene rings is 2. The Hall–Kier alpha value is -2.70. The third kappa shape index (κ3) is 4.65. The van der Waals surface area contributed by atoms with Gasteiger partial charge in [0, 0.05) is 25.6 Å². The minimum absolute atomic E-state index is 0.0354. The van der Waals surface area contributed by atoms with Crippen LogP contribution < -0.4 is 10.6 Å². The second-order valence-electron chi connectivity index (χ2n) is 5.62. The van der Waals surface area contributed by atoms with Crippen molar-refractivity contribution in [3.8, 4) is 0 Å². The van der Waals surface area contributed by atoms with Crippen LogP contribution in [0.5, 0.6) is 0 Å². The van der Waals surface area contributed by atoms with E-state index in [9.17, 15) is 9.59 Å². The average Bonchev–Trinajstić information content (AvgIpc) is 2.62. The second kappa shape index (κ2) is 8.41. The molecule has 0 bridgehead atoms. The highest BCUT2D eigenvalue weighted by molar-refractivity contribution is 5.99. The fourth-order valence-electron chi connectivity index (χ4n) is 2.35. The molecule has 0 heterocycles. The van der Waals surface area contributed by atoms with Crippen molar-refractivity contribution >= 4 is 23.2 Å². The normalized spacial score (nSPS) is 12.9. The van der Waals surface area contributed by atoms with Gasteiger partial charge in [0.25, 0.3) is 5.91 Å². The Labute approximate surface area is 147 Å². The van der Waals surface area contributed by atoms with Crippen LogP contribution in [0.4, 0.5) is 11.4 Å². The summed E-state index contributed by atoms with van der Waals surface area (Å²) >= 11 is 0. The van der Waals surface area contributed by atoms with Gasteiger partial charge in [-0.2, -0.15) is 0 Å². The van der Waals surface area contributed by atoms with Gasteiger partial charge in [-0.05, 0) is 30.7 Å². The molecule has 0 aromatic heterocycles. The van der Waals surface area contributed by atoms with Crippen LogP contribution in [-0.2, 0) is 24.7 Å². The van der Waals surface area contributed by atoms with E-state index in [1.165, 1.54) is 14.2 Å². The Morgan fingerprint density at radius 2 is 1.60 bits per heavy atom. The average molecular weight is 342 g/mol. The van der Waals surface area contributed by atoms with Gasteiger partial charge in [0.1, 0.15) is 6.61 Å². The van der Waals surface area contributed by atoms with Gasteiger partial charge >= 0.3 is 0 Å². The minimum Gasteiger partial charge on any atom is -0.375 e. The van der Waals surface area contributed by atoms with Crippen molar-refractivity contribution in [3.05, 3.63) is 60.2 Å². The second-order valence-corrected chi connectivity index (χ2v) is 5.62. The lowest BCUT2D eigenvalue weighted by molar-refractivity contribution is -0.136. The van der Waals surface area contributed by atoms with E-state index in [0.717, 1.165) is 5.56 Å². The molecule has 0 fully saturated rings. The maximum atomic E-state index is 12.8. The predicted octanol–water partition coefficient (Wildman–Crippen LogP) is 2.77. The van der Waals surface area contributed by atoms with E-state index >= 15 is 0 Å². The molecule has 2 N–H and O–H groups in total. The van der Waals surface area contributed by atoms with E-state index in [-0.39, 0.29) is 18.4 Å². The zero-order chi connectivity index (χ0) is 18.3. The van der Waals surface area contributed by atoms with Gasteiger partial charge in [0.05, 0.1) is 0 Å². The van der Waals surface area contributed by atoms with E-state index < -0.39 is 5.60 Å². The lowest BCUT2D eigenvalue weighted by Crippen LogP contribution is -2.39. The number of amides is 2. The molecule has 1 unspecified atom stereocenters. The van der Waals surface area contributed by atoms with Crippen LogP contribution >= 0.6 is 0 Å². The molecule has 132 valence electrons. The van der Waals surface area contributed by atoms with E-state index in [1.54, 1.807) is 31.2 Å². The maximum absolute atomic E-state index is 12.8. The molecule has 0 aliphatic heterocycles. The Morgan fingerprint density at radius 3 is 2.20 bits per heavy atom. The van der Waals surface area contributed by atoms with Gasteiger partial charge in [-0.25, -0.2) is 0 Å². The lowest BCUT2D eigenvalue weighted by Gasteiger charge is -2.27. The van der Waals surface area contributed by atoms with Crippen molar-refractivity contribution in [1.29, 1.82) is 0 Å². The summed E-state index contributed by atoms with van der Waals surface area (Å²) in [6.07, 6.45) is 0. The largest absolute Gasteiger partial charge is 0.375 e. The van der Waals surface area contributed by atoms with Gasteiger partial charge in [-0.15, -0.1) is 0 Å². The molecule has 2 aromatic rings. The fraction of sp³-hybridized carbons (Fsp3) is 0.263. The van der Waals surface area contributed by atoms with Crippen LogP contribution in [0.3, 0.4) is 0 Å². The molecule has 0 saturated carbocycles. The standard InChI is InChI=1S/C19H22N2O4/c1-19(25-3,14-8-5-4-6-9-14)18(23)21-16-11-7-10-15(12-16)20-17(22)13-24-2/h4-12H,13H2,1-3H3,(H,20,22)(H,21,23). The number of anilines is 2. The lowest BCUT2D eigenvalue weighted by atomic mass is 9.94. The summed E-state index contributed by atoms with van der Waals surface area (Å²) < 4.78 is 10.3. The molecular formula is C19H22N2O4. The number of carbonyl (C=O) groups is 2. The number of methoxy groups -OCH3 is 2. The summed E-state index contributed by atoms with van der Waals surface area (Å²) in [5.74, 6) is -0.571. The Bertz CT molecular complexity index is 733. The van der Waals surface area contributed by atoms with Gasteiger partial charge in [-0.3, -0.25) is 9.59 Å². The van der Waals surface area contributed by atoms with Gasteiger partial charge in [0.2, 0.25) is 5.91 Å². The highest BCUT2D eigenvalue weighted by atomic mass is 16.5. The Kier molecular flexibility index (Phi) is 6.27. The molecule has 2 aromatic carbocycles. The van der Waals surface area contributed by atoms with Gasteiger partial charge in [-0.1, -0.05) is 36.4 Å². The number of ether oxygens (including phenoxy) is 2. The number of nitrogens with one attached hydrogen (secondary N) is 2. The van der Waals surface area contributed by atoms with Crippen LogP contribution in [0.15, 0.2) is 54.6 Å². The van der Waals surface area contributed by atoms with Crippen molar-refractivity contribution in [2.75, 3.05) is 31.5 Å². The predicted molar refractivity (Wildman–Crippen MR) is 96.4 cm³/mol. The molecule has 25 heavy (non-hydrogen) atoms. The molecule has 1 atom stereocenters. The molecule has 2 amide bonds. The van der Waals surface area contributed by atoms with Crippen molar-refractivity contribution in [3.63, 3.8) is 0 Å². The van der Waals surface area contributed by atoms with Gasteiger partial charge in [0.15, 0.2) is 5.60 Å². The third-order valence-corrected chi connectivity index (χ3v) is 3.85. The number of hydrogen-bond acceptors (Lipinski definition) is 4. The zero-order valence-corrected chi connectivity index (χ0v) is 14.5. The molecule has 0 aliphatic carbocycles. The van der Waals surface area contributed by atoms with E-state index in [0.29, 0.717) is 11.4 Å². The quantitative estimate of drug-likeness (QED) is 0.811. The molecule has 0 spiro atoms. The van der Waals surface area contributed by atoms with Crippen molar-refractivity contribution in [1.82, 2.24) is 0 Å². The van der Waals surface area contributed by atoms with E-state index in [2.05, 4.69) is 10.6 Å². The summed E-state index contributed by atoms with van der Waals surface area (Å²) in [7, 11) is 2.94. The Balaban J connectivity index is 2.15. The molecular weight excluding hydrogens is 320 g/mol. The smallest absolute Gasteiger partial charge is 0.260 e. The Morgan fingerprint density at radius 1 is 0.960 bits per heavy atom. The van der Waals surface area contributed by atoms with Crippen molar-refractivity contribution in [2.24, 2.45) is 0 Å². The first-order valence-electron chi connectivity index (χ1n) is 7.80. The number of carbonyl (C=O) groups excluding carboxylic acids is 2. The number of rotatable bonds is 7. The molecule has 6 nitrogen and oxygen atoms in total. The summed E-state index contributed by atoms with van der Waals surface area (Å²) in [6, 6.07) is 16.1. The number of hydrogen-bond donors (Lipinski definition) is 2. The van der Waals surface area contributed by atoms with E-state index in [4.69, 9.17) is 9.47 Å². The summed E-state index contributed by atoms with van der Waals surface area (Å²) in [6.45, 7) is 1.67. The SMILES string of the molecule is COCC(=O)Nc1cccc(NC(=O)C(C)(OC)c2ccccc2)c1. The van der Waals surface area contributed by atoms with E-state index in [1.807, 2.05) is 30.3 Å². The maximum Gasteiger partial charge on any atom is 0.260 e. The highest BCUT2D eigenvalue weighted by Crippen LogP contribution is 2.27. The van der Waals surface area contributed by atoms with Crippen LogP contribution in [0, 0.1) is 0 Å². The highest BCUT2D eigenvalue weighted by Gasteiger charge is 2.35. The molecule has 0 radical (unpaired) electrons. The summed E-state index contributed by atoms with van der Waals surface area (Å²) in [5.41, 5.74) is 0.744. The minimum atomic E-state index is -1.13. The monoisotopic (exact) mass is 342 g/mol. The fourth-order valence-corrected chi connectivity index (χ4v) is 2.35.